The van der Waals surface area contributed by atoms with Crippen molar-refractivity contribution in [3.8, 4) is 0 Å². The summed E-state index contributed by atoms with van der Waals surface area (Å²) in [6.07, 6.45) is -14.5. The van der Waals surface area contributed by atoms with Gasteiger partial charge in [0.15, 0.2) is 0 Å². The Morgan fingerprint density at radius 2 is 1.73 bits per heavy atom. The normalized spacial score (nSPS) is 20.9. The molecular weight excluding hydrogens is 476 g/mol. The first-order valence-electron chi connectivity index (χ1n) is 10.6. The number of alkyl halides is 6. The molecule has 1 N–H and O–H groups in total. The number of carbonyl (C=O) groups excluding carboxylic acids is 2. The van der Waals surface area contributed by atoms with E-state index in [1.165, 1.54) is 16.2 Å². The van der Waals surface area contributed by atoms with E-state index in [9.17, 15) is 35.9 Å². The summed E-state index contributed by atoms with van der Waals surface area (Å²) in [6.45, 7) is 1.91. The summed E-state index contributed by atoms with van der Waals surface area (Å²) in [7, 11) is 0. The fourth-order valence-electron chi connectivity index (χ4n) is 4.87. The Labute approximate surface area is 189 Å². The quantitative estimate of drug-likeness (QED) is 0.623. The summed E-state index contributed by atoms with van der Waals surface area (Å²) in [4.78, 5) is 29.8. The van der Waals surface area contributed by atoms with Crippen molar-refractivity contribution in [2.24, 2.45) is 0 Å². The molecule has 2 amide bonds. The zero-order chi connectivity index (χ0) is 24.0. The molecule has 1 aromatic rings. The summed E-state index contributed by atoms with van der Waals surface area (Å²) < 4.78 is 80.1. The molecule has 0 bridgehead atoms. The molecule has 0 radical (unpaired) electrons. The van der Waals surface area contributed by atoms with E-state index < -0.39 is 30.1 Å². The average Bonchev–Trinajstić information content (AvgIpc) is 3.34. The molecule has 1 aromatic heterocycles. The average molecular weight is 499 g/mol. The summed E-state index contributed by atoms with van der Waals surface area (Å²) in [5, 5.41) is 3.26. The summed E-state index contributed by atoms with van der Waals surface area (Å²) >= 11 is 1.47. The Morgan fingerprint density at radius 1 is 1.06 bits per heavy atom. The smallest absolute Gasteiger partial charge is 0.426 e. The SMILES string of the molecule is O=C(OC(C(F)(F)F)C(F)(F)F)N1CCC2(CCCN2C(=O)c2cc3c(s2)CCNC3)CC1. The largest absolute Gasteiger partial charge is 0.434 e. The Kier molecular flexibility index (Phi) is 6.31. The third kappa shape index (κ3) is 4.79. The van der Waals surface area contributed by atoms with Crippen LogP contribution in [0.25, 0.3) is 0 Å². The predicted octanol–water partition coefficient (Wildman–Crippen LogP) is 4.09. The molecule has 3 aliphatic rings. The molecule has 2 saturated heterocycles. The van der Waals surface area contributed by atoms with Crippen molar-refractivity contribution in [2.75, 3.05) is 26.2 Å². The standard InChI is InChI=1S/C20H23F6N3O3S/c21-19(22,23)16(20(24,25)26)32-17(31)28-8-4-18(5-9-28)3-1-7-29(18)15(30)14-10-12-11-27-6-2-13(12)33-14/h10,16,27H,1-9,11H2. The minimum atomic E-state index is -5.75. The van der Waals surface area contributed by atoms with E-state index >= 15 is 0 Å². The summed E-state index contributed by atoms with van der Waals surface area (Å²) in [5.74, 6) is -0.114. The van der Waals surface area contributed by atoms with Gasteiger partial charge in [-0.2, -0.15) is 26.3 Å². The van der Waals surface area contributed by atoms with Crippen molar-refractivity contribution >= 4 is 23.3 Å². The van der Waals surface area contributed by atoms with Crippen LogP contribution in [-0.2, 0) is 17.7 Å². The highest BCUT2D eigenvalue weighted by molar-refractivity contribution is 7.14. The van der Waals surface area contributed by atoms with Gasteiger partial charge in [-0.25, -0.2) is 4.79 Å². The second-order valence-electron chi connectivity index (χ2n) is 8.60. The predicted molar refractivity (Wildman–Crippen MR) is 106 cm³/mol. The number of thiophene rings is 1. The van der Waals surface area contributed by atoms with E-state index in [0.29, 0.717) is 24.4 Å². The summed E-state index contributed by atoms with van der Waals surface area (Å²) in [5.41, 5.74) is 0.536. The van der Waals surface area contributed by atoms with Gasteiger partial charge in [-0.3, -0.25) is 4.79 Å². The number of halogens is 6. The number of ether oxygens (including phenoxy) is 1. The van der Waals surface area contributed by atoms with E-state index in [2.05, 4.69) is 10.1 Å². The van der Waals surface area contributed by atoms with Gasteiger partial charge >= 0.3 is 18.4 Å². The molecule has 2 fully saturated rings. The molecule has 0 unspecified atom stereocenters. The van der Waals surface area contributed by atoms with E-state index in [0.717, 1.165) is 29.8 Å². The van der Waals surface area contributed by atoms with Crippen molar-refractivity contribution in [1.29, 1.82) is 0 Å². The lowest BCUT2D eigenvalue weighted by molar-refractivity contribution is -0.308. The highest BCUT2D eigenvalue weighted by Crippen LogP contribution is 2.41. The maximum Gasteiger partial charge on any atom is 0.434 e. The number of amides is 2. The fraction of sp³-hybridized carbons (Fsp3) is 0.700. The lowest BCUT2D eigenvalue weighted by Gasteiger charge is -2.44. The van der Waals surface area contributed by atoms with Gasteiger partial charge in [0.1, 0.15) is 0 Å². The van der Waals surface area contributed by atoms with Crippen molar-refractivity contribution < 1.29 is 40.7 Å². The van der Waals surface area contributed by atoms with Crippen LogP contribution in [0.3, 0.4) is 0 Å². The first-order chi connectivity index (χ1) is 15.4. The maximum atomic E-state index is 13.3. The number of hydrogen-bond acceptors (Lipinski definition) is 5. The lowest BCUT2D eigenvalue weighted by atomic mass is 9.85. The zero-order valence-corrected chi connectivity index (χ0v) is 18.3. The molecule has 1 spiro atoms. The molecule has 0 saturated carbocycles. The first kappa shape index (κ1) is 24.1. The van der Waals surface area contributed by atoms with Gasteiger partial charge in [0, 0.05) is 43.1 Å². The number of nitrogens with one attached hydrogen (secondary N) is 1. The van der Waals surface area contributed by atoms with E-state index in [1.807, 2.05) is 6.07 Å². The number of fused-ring (bicyclic) bond motifs is 1. The summed E-state index contributed by atoms with van der Waals surface area (Å²) in [6, 6.07) is 1.89. The maximum absolute atomic E-state index is 13.3. The topological polar surface area (TPSA) is 61.9 Å². The van der Waals surface area contributed by atoms with Gasteiger partial charge in [0.2, 0.25) is 0 Å². The number of likely N-dealkylation sites (tertiary alicyclic amines) is 2. The molecule has 0 aromatic carbocycles. The number of carbonyl (C=O) groups is 2. The minimum absolute atomic E-state index is 0.0874. The van der Waals surface area contributed by atoms with Crippen molar-refractivity contribution in [3.05, 3.63) is 21.4 Å². The van der Waals surface area contributed by atoms with Crippen molar-refractivity contribution in [3.63, 3.8) is 0 Å². The van der Waals surface area contributed by atoms with Gasteiger partial charge in [-0.05, 0) is 43.7 Å². The lowest BCUT2D eigenvalue weighted by Crippen LogP contribution is -2.56. The van der Waals surface area contributed by atoms with Gasteiger partial charge in [-0.15, -0.1) is 11.3 Å². The van der Waals surface area contributed by atoms with E-state index in [4.69, 9.17) is 0 Å². The molecule has 4 heterocycles. The molecule has 33 heavy (non-hydrogen) atoms. The van der Waals surface area contributed by atoms with E-state index in [1.54, 1.807) is 4.90 Å². The molecular formula is C20H23F6N3O3S. The van der Waals surface area contributed by atoms with Gasteiger partial charge in [-0.1, -0.05) is 0 Å². The van der Waals surface area contributed by atoms with Crippen molar-refractivity contribution in [2.45, 2.75) is 62.6 Å². The third-order valence-corrected chi connectivity index (χ3v) is 7.78. The van der Waals surface area contributed by atoms with Crippen LogP contribution in [0.5, 0.6) is 0 Å². The van der Waals surface area contributed by atoms with Crippen molar-refractivity contribution in [1.82, 2.24) is 15.1 Å². The van der Waals surface area contributed by atoms with Crippen LogP contribution in [0.2, 0.25) is 0 Å². The molecule has 4 rings (SSSR count). The highest BCUT2D eigenvalue weighted by Gasteiger charge is 2.60. The molecule has 184 valence electrons. The number of hydrogen-bond donors (Lipinski definition) is 1. The first-order valence-corrected chi connectivity index (χ1v) is 11.5. The van der Waals surface area contributed by atoms with Crippen LogP contribution in [0.4, 0.5) is 31.1 Å². The Hall–Kier alpha value is -2.02. The molecule has 3 aliphatic heterocycles. The molecule has 0 atom stereocenters. The van der Waals surface area contributed by atoms with Gasteiger partial charge < -0.3 is 19.9 Å². The third-order valence-electron chi connectivity index (χ3n) is 6.56. The minimum Gasteiger partial charge on any atom is -0.426 e. The number of rotatable bonds is 2. The molecule has 6 nitrogen and oxygen atoms in total. The monoisotopic (exact) mass is 499 g/mol. The zero-order valence-electron chi connectivity index (χ0n) is 17.5. The second kappa shape index (κ2) is 8.64. The van der Waals surface area contributed by atoms with E-state index in [-0.39, 0.29) is 31.8 Å². The molecule has 0 aliphatic carbocycles. The van der Waals surface area contributed by atoms with Gasteiger partial charge in [0.05, 0.1) is 4.88 Å². The van der Waals surface area contributed by atoms with Crippen LogP contribution < -0.4 is 5.32 Å². The number of nitrogens with zero attached hydrogens (tertiary/aromatic N) is 2. The van der Waals surface area contributed by atoms with Crippen LogP contribution in [-0.4, -0.2) is 72.0 Å². The fourth-order valence-corrected chi connectivity index (χ4v) is 6.00. The highest BCUT2D eigenvalue weighted by atomic mass is 32.1. The second-order valence-corrected chi connectivity index (χ2v) is 9.74. The van der Waals surface area contributed by atoms with Gasteiger partial charge in [0.25, 0.3) is 12.0 Å². The Bertz CT molecular complexity index is 870. The van der Waals surface area contributed by atoms with Crippen LogP contribution in [0.15, 0.2) is 6.07 Å². The number of piperidine rings is 1. The Morgan fingerprint density at radius 3 is 2.33 bits per heavy atom. The molecule has 13 heteroatoms. The Balaban J connectivity index is 1.42. The van der Waals surface area contributed by atoms with Crippen LogP contribution in [0.1, 0.15) is 45.8 Å². The van der Waals surface area contributed by atoms with Crippen LogP contribution >= 0.6 is 11.3 Å². The van der Waals surface area contributed by atoms with Crippen LogP contribution in [0, 0.1) is 0 Å².